The number of ether oxygens (including phenoxy) is 2. The molecule has 1 rings (SSSR count). The molecule has 8 nitrogen and oxygen atoms in total. The topological polar surface area (TPSA) is 97.0 Å². The van der Waals surface area contributed by atoms with Crippen molar-refractivity contribution in [2.24, 2.45) is 0 Å². The maximum Gasteiger partial charge on any atom is 0.336 e. The van der Waals surface area contributed by atoms with E-state index in [2.05, 4.69) is 15.4 Å². The van der Waals surface area contributed by atoms with Crippen LogP contribution >= 0.6 is 0 Å². The van der Waals surface area contributed by atoms with Crippen LogP contribution in [0.25, 0.3) is 0 Å². The van der Waals surface area contributed by atoms with Crippen molar-refractivity contribution in [1.29, 1.82) is 0 Å². The standard InChI is InChI=1S/C12H21N3O5/c1-4-13-12(18)14-10(16)8(2)15-5-6-20-9(7-15)11(17)19-3/h8-9H,4-7H2,1-3H3,(H2,13,14,16,18). The third-order valence-corrected chi connectivity index (χ3v) is 3.06. The van der Waals surface area contributed by atoms with Crippen LogP contribution in [-0.4, -0.2) is 68.3 Å². The Hall–Kier alpha value is -1.67. The summed E-state index contributed by atoms with van der Waals surface area (Å²) in [6, 6.07) is -1.06. The molecule has 0 aromatic rings. The largest absolute Gasteiger partial charge is 0.467 e. The molecule has 2 N–H and O–H groups in total. The van der Waals surface area contributed by atoms with E-state index in [4.69, 9.17) is 4.74 Å². The zero-order valence-electron chi connectivity index (χ0n) is 12.0. The van der Waals surface area contributed by atoms with Crippen molar-refractivity contribution in [3.05, 3.63) is 0 Å². The molecule has 8 heteroatoms. The predicted molar refractivity (Wildman–Crippen MR) is 70.0 cm³/mol. The summed E-state index contributed by atoms with van der Waals surface area (Å²) in [6.45, 7) is 4.98. The fourth-order valence-corrected chi connectivity index (χ4v) is 1.88. The fourth-order valence-electron chi connectivity index (χ4n) is 1.88. The van der Waals surface area contributed by atoms with Crippen LogP contribution in [0.1, 0.15) is 13.8 Å². The minimum Gasteiger partial charge on any atom is -0.467 e. The van der Waals surface area contributed by atoms with E-state index in [0.29, 0.717) is 19.7 Å². The van der Waals surface area contributed by atoms with Crippen molar-refractivity contribution in [2.75, 3.05) is 33.4 Å². The second-order valence-corrected chi connectivity index (χ2v) is 4.40. The van der Waals surface area contributed by atoms with E-state index < -0.39 is 30.1 Å². The van der Waals surface area contributed by atoms with Gasteiger partial charge in [-0.2, -0.15) is 0 Å². The lowest BCUT2D eigenvalue weighted by atomic mass is 10.2. The maximum absolute atomic E-state index is 11.9. The molecule has 1 fully saturated rings. The average molecular weight is 287 g/mol. The van der Waals surface area contributed by atoms with Gasteiger partial charge in [0, 0.05) is 19.6 Å². The van der Waals surface area contributed by atoms with Crippen LogP contribution in [0.4, 0.5) is 4.79 Å². The number of rotatable bonds is 4. The Morgan fingerprint density at radius 3 is 2.75 bits per heavy atom. The Morgan fingerprint density at radius 2 is 2.15 bits per heavy atom. The summed E-state index contributed by atoms with van der Waals surface area (Å²) in [5.74, 6) is -0.882. The fraction of sp³-hybridized carbons (Fsp3) is 0.750. The Bertz CT molecular complexity index is 374. The van der Waals surface area contributed by atoms with Gasteiger partial charge >= 0.3 is 12.0 Å². The van der Waals surface area contributed by atoms with Crippen molar-refractivity contribution in [1.82, 2.24) is 15.5 Å². The van der Waals surface area contributed by atoms with Gasteiger partial charge in [-0.25, -0.2) is 9.59 Å². The molecule has 0 saturated carbocycles. The molecule has 0 aromatic carbocycles. The first-order valence-electron chi connectivity index (χ1n) is 6.51. The first-order chi connectivity index (χ1) is 9.49. The first kappa shape index (κ1) is 16.4. The molecule has 114 valence electrons. The highest BCUT2D eigenvalue weighted by Crippen LogP contribution is 2.10. The normalized spacial score (nSPS) is 20.9. The lowest BCUT2D eigenvalue weighted by molar-refractivity contribution is -0.161. The monoisotopic (exact) mass is 287 g/mol. The quantitative estimate of drug-likeness (QED) is 0.650. The SMILES string of the molecule is CCNC(=O)NC(=O)C(C)N1CCOC(C(=O)OC)C1. The summed E-state index contributed by atoms with van der Waals surface area (Å²) in [7, 11) is 1.29. The van der Waals surface area contributed by atoms with Crippen molar-refractivity contribution in [2.45, 2.75) is 26.0 Å². The second kappa shape index (κ2) is 7.81. The minimum absolute atomic E-state index is 0.261. The number of nitrogens with one attached hydrogen (secondary N) is 2. The first-order valence-corrected chi connectivity index (χ1v) is 6.51. The zero-order chi connectivity index (χ0) is 15.1. The number of esters is 1. The molecular weight excluding hydrogens is 266 g/mol. The van der Waals surface area contributed by atoms with Crippen LogP contribution in [0, 0.1) is 0 Å². The third-order valence-electron chi connectivity index (χ3n) is 3.06. The van der Waals surface area contributed by atoms with E-state index in [1.54, 1.807) is 18.7 Å². The highest BCUT2D eigenvalue weighted by atomic mass is 16.6. The van der Waals surface area contributed by atoms with Gasteiger partial charge in [-0.15, -0.1) is 0 Å². The molecule has 0 aromatic heterocycles. The molecule has 2 atom stereocenters. The van der Waals surface area contributed by atoms with Gasteiger partial charge in [0.25, 0.3) is 0 Å². The van der Waals surface area contributed by atoms with Gasteiger partial charge in [0.2, 0.25) is 5.91 Å². The molecule has 1 saturated heterocycles. The van der Waals surface area contributed by atoms with Crippen molar-refractivity contribution in [3.63, 3.8) is 0 Å². The Labute approximate surface area is 117 Å². The van der Waals surface area contributed by atoms with E-state index in [1.807, 2.05) is 0 Å². The van der Waals surface area contributed by atoms with Crippen LogP contribution in [0.3, 0.4) is 0 Å². The van der Waals surface area contributed by atoms with E-state index in [9.17, 15) is 14.4 Å². The van der Waals surface area contributed by atoms with Crippen LogP contribution in [0.2, 0.25) is 0 Å². The van der Waals surface area contributed by atoms with E-state index >= 15 is 0 Å². The number of hydrogen-bond donors (Lipinski definition) is 2. The Balaban J connectivity index is 2.53. The molecule has 3 amide bonds. The summed E-state index contributed by atoms with van der Waals surface area (Å²) in [6.07, 6.45) is -0.700. The summed E-state index contributed by atoms with van der Waals surface area (Å²) in [5, 5.41) is 4.73. The van der Waals surface area contributed by atoms with Crippen molar-refractivity contribution < 1.29 is 23.9 Å². The molecule has 1 aliphatic rings. The molecule has 1 heterocycles. The predicted octanol–water partition coefficient (Wildman–Crippen LogP) is -0.906. The molecular formula is C12H21N3O5. The molecule has 20 heavy (non-hydrogen) atoms. The molecule has 0 radical (unpaired) electrons. The van der Waals surface area contributed by atoms with Crippen LogP contribution < -0.4 is 10.6 Å². The highest BCUT2D eigenvalue weighted by Gasteiger charge is 2.32. The summed E-state index contributed by atoms with van der Waals surface area (Å²) < 4.78 is 9.90. The van der Waals surface area contributed by atoms with Gasteiger partial charge in [-0.05, 0) is 13.8 Å². The number of methoxy groups -OCH3 is 1. The summed E-state index contributed by atoms with van der Waals surface area (Å²) in [5.41, 5.74) is 0. The number of carbonyl (C=O) groups excluding carboxylic acids is 3. The molecule has 0 aliphatic carbocycles. The van der Waals surface area contributed by atoms with Crippen molar-refractivity contribution >= 4 is 17.9 Å². The summed E-state index contributed by atoms with van der Waals surface area (Å²) in [4.78, 5) is 36.4. The van der Waals surface area contributed by atoms with Crippen LogP contribution in [0.15, 0.2) is 0 Å². The third kappa shape index (κ3) is 4.46. The average Bonchev–Trinajstić information content (AvgIpc) is 2.45. The Kier molecular flexibility index (Phi) is 6.40. The van der Waals surface area contributed by atoms with Crippen LogP contribution in [0.5, 0.6) is 0 Å². The number of hydrogen-bond acceptors (Lipinski definition) is 6. The highest BCUT2D eigenvalue weighted by molar-refractivity contribution is 5.96. The van der Waals surface area contributed by atoms with Gasteiger partial charge in [-0.3, -0.25) is 15.0 Å². The van der Waals surface area contributed by atoms with Gasteiger partial charge in [0.15, 0.2) is 6.10 Å². The molecule has 0 bridgehead atoms. The van der Waals surface area contributed by atoms with Gasteiger partial charge in [0.1, 0.15) is 0 Å². The van der Waals surface area contributed by atoms with Crippen molar-refractivity contribution in [3.8, 4) is 0 Å². The number of imide groups is 1. The van der Waals surface area contributed by atoms with E-state index in [-0.39, 0.29) is 6.54 Å². The van der Waals surface area contributed by atoms with E-state index in [1.165, 1.54) is 7.11 Å². The summed E-state index contributed by atoms with van der Waals surface area (Å²) >= 11 is 0. The number of morpholine rings is 1. The lowest BCUT2D eigenvalue weighted by Gasteiger charge is -2.34. The number of urea groups is 1. The number of nitrogens with zero attached hydrogens (tertiary/aromatic N) is 1. The number of amides is 3. The smallest absolute Gasteiger partial charge is 0.336 e. The number of carbonyl (C=O) groups is 3. The van der Waals surface area contributed by atoms with Crippen LogP contribution in [-0.2, 0) is 19.1 Å². The lowest BCUT2D eigenvalue weighted by Crippen LogP contribution is -2.55. The van der Waals surface area contributed by atoms with Gasteiger partial charge < -0.3 is 14.8 Å². The molecule has 0 spiro atoms. The maximum atomic E-state index is 11.9. The zero-order valence-corrected chi connectivity index (χ0v) is 12.0. The van der Waals surface area contributed by atoms with Gasteiger partial charge in [0.05, 0.1) is 19.8 Å². The Morgan fingerprint density at radius 1 is 1.45 bits per heavy atom. The molecule has 2 unspecified atom stereocenters. The van der Waals surface area contributed by atoms with Gasteiger partial charge in [-0.1, -0.05) is 0 Å². The minimum atomic E-state index is -0.700. The molecule has 1 aliphatic heterocycles. The second-order valence-electron chi connectivity index (χ2n) is 4.40. The van der Waals surface area contributed by atoms with E-state index in [0.717, 1.165) is 0 Å².